The minimum Gasteiger partial charge on any atom is -0.460 e. The zero-order chi connectivity index (χ0) is 27.0. The Morgan fingerprint density at radius 1 is 0.895 bits per heavy atom. The smallest absolute Gasteiger partial charge is 0.410 e. The molecule has 0 aromatic heterocycles. The lowest BCUT2D eigenvalue weighted by Crippen LogP contribution is -2.43. The zero-order valence-corrected chi connectivity index (χ0v) is 22.7. The number of carbonyl (C=O) groups excluding carboxylic acids is 2. The van der Waals surface area contributed by atoms with Gasteiger partial charge >= 0.3 is 12.1 Å². The molecule has 9 heteroatoms. The summed E-state index contributed by atoms with van der Waals surface area (Å²) in [6.07, 6.45) is 4.54. The molecule has 0 radical (unpaired) electrons. The lowest BCUT2D eigenvalue weighted by molar-refractivity contribution is -0.162. The highest BCUT2D eigenvalue weighted by Gasteiger charge is 2.52. The van der Waals surface area contributed by atoms with Gasteiger partial charge in [0.2, 0.25) is 0 Å². The first-order chi connectivity index (χ1) is 18.2. The van der Waals surface area contributed by atoms with Crippen LogP contribution in [0.5, 0.6) is 0 Å². The van der Waals surface area contributed by atoms with Crippen molar-refractivity contribution in [2.75, 3.05) is 19.3 Å². The second-order valence-electron chi connectivity index (χ2n) is 10.4. The van der Waals surface area contributed by atoms with Gasteiger partial charge in [0.05, 0.1) is 17.8 Å². The van der Waals surface area contributed by atoms with Gasteiger partial charge in [-0.25, -0.2) is 4.79 Å². The number of amides is 1. The minimum atomic E-state index is -3.73. The number of benzene rings is 2. The molecule has 1 amide bonds. The van der Waals surface area contributed by atoms with Crippen molar-refractivity contribution in [3.05, 3.63) is 71.8 Å². The normalized spacial score (nSPS) is 22.2. The molecule has 206 valence electrons. The first kappa shape index (κ1) is 28.1. The SMILES string of the molecule is CS(=O)(=O)OC1CCCC1(CCC1CCN(C(=O)OCc2ccccc2)CC1)C(=O)OCc1ccccc1. The molecular weight excluding hydrogens is 506 g/mol. The van der Waals surface area contributed by atoms with Crippen molar-refractivity contribution in [1.29, 1.82) is 0 Å². The molecular formula is C29H37NO7S. The number of rotatable bonds is 10. The number of carbonyl (C=O) groups is 2. The average molecular weight is 544 g/mol. The average Bonchev–Trinajstić information content (AvgIpc) is 3.32. The lowest BCUT2D eigenvalue weighted by atomic mass is 9.76. The third-order valence-corrected chi connectivity index (χ3v) is 8.27. The fourth-order valence-electron chi connectivity index (χ4n) is 5.56. The molecule has 1 aliphatic heterocycles. The Bertz CT molecular complexity index is 1160. The Morgan fingerprint density at radius 2 is 1.47 bits per heavy atom. The fraction of sp³-hybridized carbons (Fsp3) is 0.517. The van der Waals surface area contributed by atoms with Crippen molar-refractivity contribution in [3.63, 3.8) is 0 Å². The molecule has 0 bridgehead atoms. The fourth-order valence-corrected chi connectivity index (χ4v) is 6.26. The highest BCUT2D eigenvalue weighted by molar-refractivity contribution is 7.86. The summed E-state index contributed by atoms with van der Waals surface area (Å²) in [5, 5.41) is 0. The van der Waals surface area contributed by atoms with Gasteiger partial charge in [0.15, 0.2) is 0 Å². The van der Waals surface area contributed by atoms with E-state index in [2.05, 4.69) is 0 Å². The van der Waals surface area contributed by atoms with Gasteiger partial charge in [-0.05, 0) is 62.0 Å². The highest BCUT2D eigenvalue weighted by atomic mass is 32.2. The molecule has 4 rings (SSSR count). The maximum atomic E-state index is 13.5. The van der Waals surface area contributed by atoms with Gasteiger partial charge in [0, 0.05) is 13.1 Å². The van der Waals surface area contributed by atoms with Crippen LogP contribution in [-0.2, 0) is 41.8 Å². The summed E-state index contributed by atoms with van der Waals surface area (Å²) in [5.41, 5.74) is 0.826. The maximum absolute atomic E-state index is 13.5. The maximum Gasteiger partial charge on any atom is 0.410 e. The number of ether oxygens (including phenoxy) is 2. The van der Waals surface area contributed by atoms with E-state index in [1.54, 1.807) is 4.90 Å². The van der Waals surface area contributed by atoms with E-state index in [-0.39, 0.29) is 19.3 Å². The molecule has 1 aliphatic carbocycles. The first-order valence-electron chi connectivity index (χ1n) is 13.3. The monoisotopic (exact) mass is 543 g/mol. The molecule has 8 nitrogen and oxygen atoms in total. The van der Waals surface area contributed by atoms with E-state index in [9.17, 15) is 18.0 Å². The summed E-state index contributed by atoms with van der Waals surface area (Å²) >= 11 is 0. The number of hydrogen-bond donors (Lipinski definition) is 0. The van der Waals surface area contributed by atoms with Crippen molar-refractivity contribution < 1.29 is 31.7 Å². The Balaban J connectivity index is 1.33. The van der Waals surface area contributed by atoms with Crippen LogP contribution in [0.1, 0.15) is 56.1 Å². The van der Waals surface area contributed by atoms with Crippen LogP contribution < -0.4 is 0 Å². The van der Waals surface area contributed by atoms with Crippen molar-refractivity contribution in [1.82, 2.24) is 4.90 Å². The van der Waals surface area contributed by atoms with Gasteiger partial charge in [0.25, 0.3) is 10.1 Å². The van der Waals surface area contributed by atoms with E-state index in [4.69, 9.17) is 13.7 Å². The van der Waals surface area contributed by atoms with Gasteiger partial charge in [-0.2, -0.15) is 8.42 Å². The summed E-state index contributed by atoms with van der Waals surface area (Å²) in [4.78, 5) is 27.7. The first-order valence-corrected chi connectivity index (χ1v) is 15.1. The molecule has 2 aliphatic rings. The summed E-state index contributed by atoms with van der Waals surface area (Å²) in [6.45, 7) is 1.56. The van der Waals surface area contributed by atoms with E-state index in [1.165, 1.54) is 0 Å². The second kappa shape index (κ2) is 12.8. The van der Waals surface area contributed by atoms with Gasteiger partial charge in [-0.1, -0.05) is 60.7 Å². The van der Waals surface area contributed by atoms with Crippen molar-refractivity contribution in [2.24, 2.45) is 11.3 Å². The Hall–Kier alpha value is -2.91. The number of nitrogens with zero attached hydrogens (tertiary/aromatic N) is 1. The molecule has 2 unspecified atom stereocenters. The highest BCUT2D eigenvalue weighted by Crippen LogP contribution is 2.47. The molecule has 0 spiro atoms. The van der Waals surface area contributed by atoms with Gasteiger partial charge in [-0.15, -0.1) is 0 Å². The summed E-state index contributed by atoms with van der Waals surface area (Å²) in [6, 6.07) is 19.0. The Morgan fingerprint density at radius 3 is 2.05 bits per heavy atom. The molecule has 38 heavy (non-hydrogen) atoms. The van der Waals surface area contributed by atoms with E-state index in [1.807, 2.05) is 60.7 Å². The van der Waals surface area contributed by atoms with Gasteiger partial charge < -0.3 is 14.4 Å². The third-order valence-electron chi connectivity index (χ3n) is 7.69. The molecule has 1 heterocycles. The van der Waals surface area contributed by atoms with E-state index in [0.717, 1.165) is 36.6 Å². The van der Waals surface area contributed by atoms with Crippen molar-refractivity contribution >= 4 is 22.2 Å². The van der Waals surface area contributed by atoms with Gasteiger partial charge in [0.1, 0.15) is 13.2 Å². The van der Waals surface area contributed by atoms with Crippen LogP contribution in [0, 0.1) is 11.3 Å². The van der Waals surface area contributed by atoms with E-state index < -0.39 is 27.6 Å². The summed E-state index contributed by atoms with van der Waals surface area (Å²) in [5.74, 6) is -0.0825. The summed E-state index contributed by atoms with van der Waals surface area (Å²) < 4.78 is 40.6. The van der Waals surface area contributed by atoms with E-state index in [0.29, 0.717) is 44.7 Å². The largest absolute Gasteiger partial charge is 0.460 e. The third kappa shape index (κ3) is 7.57. The number of piperidine rings is 1. The van der Waals surface area contributed by atoms with Crippen LogP contribution in [0.25, 0.3) is 0 Å². The van der Waals surface area contributed by atoms with Crippen LogP contribution in [-0.4, -0.2) is 50.8 Å². The second-order valence-corrected chi connectivity index (χ2v) is 12.0. The molecule has 1 saturated carbocycles. The van der Waals surface area contributed by atoms with E-state index >= 15 is 0 Å². The van der Waals surface area contributed by atoms with Crippen molar-refractivity contribution in [2.45, 2.75) is 64.3 Å². The number of esters is 1. The Kier molecular flexibility index (Phi) is 9.44. The topological polar surface area (TPSA) is 99.2 Å². The standard InChI is InChI=1S/C29H37NO7S/c1-38(33,34)37-26-13-8-17-29(26,27(31)35-21-24-9-4-2-5-10-24)18-14-23-15-19-30(20-16-23)28(32)36-22-25-11-6-3-7-12-25/h2-7,9-12,23,26H,8,13-22H2,1H3. The Labute approximate surface area is 225 Å². The number of likely N-dealkylation sites (tertiary alicyclic amines) is 1. The van der Waals surface area contributed by atoms with Crippen molar-refractivity contribution in [3.8, 4) is 0 Å². The molecule has 2 aromatic carbocycles. The minimum absolute atomic E-state index is 0.135. The molecule has 0 N–H and O–H groups in total. The van der Waals surface area contributed by atoms with Crippen LogP contribution in [0.4, 0.5) is 4.79 Å². The van der Waals surface area contributed by atoms with Gasteiger partial charge in [-0.3, -0.25) is 8.98 Å². The summed E-state index contributed by atoms with van der Waals surface area (Å²) in [7, 11) is -3.73. The quantitative estimate of drug-likeness (QED) is 0.305. The zero-order valence-electron chi connectivity index (χ0n) is 21.9. The predicted octanol–water partition coefficient (Wildman–Crippen LogP) is 5.07. The molecule has 2 fully saturated rings. The van der Waals surface area contributed by atoms with Crippen LogP contribution in [0.15, 0.2) is 60.7 Å². The molecule has 2 aromatic rings. The molecule has 2 atom stereocenters. The van der Waals surface area contributed by atoms with Crippen LogP contribution >= 0.6 is 0 Å². The number of hydrogen-bond acceptors (Lipinski definition) is 7. The lowest BCUT2D eigenvalue weighted by Gasteiger charge is -2.36. The van der Waals surface area contributed by atoms with Crippen LogP contribution in [0.2, 0.25) is 0 Å². The predicted molar refractivity (Wildman–Crippen MR) is 142 cm³/mol. The van der Waals surface area contributed by atoms with Crippen LogP contribution in [0.3, 0.4) is 0 Å². The molecule has 1 saturated heterocycles.